The standard InChI is InChI=1S/C17H25F2NO/c1-4-8-20-16-15(6-5-7-17(16,2)3)21-14-10-12(18)9-13(19)11-14/h9-11,15-16,20H,4-8H2,1-3H3. The Morgan fingerprint density at radius 3 is 2.52 bits per heavy atom. The zero-order chi connectivity index (χ0) is 15.5. The van der Waals surface area contributed by atoms with Crippen LogP contribution in [0.1, 0.15) is 46.5 Å². The summed E-state index contributed by atoms with van der Waals surface area (Å²) in [7, 11) is 0. The second-order valence-corrected chi connectivity index (χ2v) is 6.57. The smallest absolute Gasteiger partial charge is 0.129 e. The summed E-state index contributed by atoms with van der Waals surface area (Å²) in [4.78, 5) is 0. The van der Waals surface area contributed by atoms with E-state index in [1.165, 1.54) is 12.1 Å². The first kappa shape index (κ1) is 16.2. The molecular formula is C17H25F2NO. The van der Waals surface area contributed by atoms with Crippen LogP contribution in [0.25, 0.3) is 0 Å². The van der Waals surface area contributed by atoms with Crippen LogP contribution in [-0.2, 0) is 0 Å². The molecule has 4 heteroatoms. The van der Waals surface area contributed by atoms with Crippen LogP contribution in [0.2, 0.25) is 0 Å². The minimum Gasteiger partial charge on any atom is -0.489 e. The summed E-state index contributed by atoms with van der Waals surface area (Å²) in [6.07, 6.45) is 4.10. The Hall–Kier alpha value is -1.16. The van der Waals surface area contributed by atoms with Gasteiger partial charge in [-0.15, -0.1) is 0 Å². The van der Waals surface area contributed by atoms with Crippen LogP contribution < -0.4 is 10.1 Å². The maximum absolute atomic E-state index is 13.3. The Morgan fingerprint density at radius 2 is 1.90 bits per heavy atom. The van der Waals surface area contributed by atoms with Gasteiger partial charge < -0.3 is 10.1 Å². The van der Waals surface area contributed by atoms with Gasteiger partial charge in [-0.1, -0.05) is 20.8 Å². The molecule has 0 spiro atoms. The third kappa shape index (κ3) is 4.16. The molecule has 1 aliphatic carbocycles. The Kier molecular flexibility index (Phi) is 5.20. The second-order valence-electron chi connectivity index (χ2n) is 6.57. The minimum atomic E-state index is -0.599. The normalized spacial score (nSPS) is 24.8. The van der Waals surface area contributed by atoms with E-state index in [1.54, 1.807) is 0 Å². The quantitative estimate of drug-likeness (QED) is 0.875. The summed E-state index contributed by atoms with van der Waals surface area (Å²) in [6, 6.07) is 3.56. The predicted molar refractivity (Wildman–Crippen MR) is 80.5 cm³/mol. The van der Waals surface area contributed by atoms with E-state index in [1.807, 2.05) is 0 Å². The molecule has 0 amide bonds. The first-order valence-electron chi connectivity index (χ1n) is 7.78. The molecule has 1 aliphatic rings. The number of hydrogen-bond acceptors (Lipinski definition) is 2. The van der Waals surface area contributed by atoms with E-state index in [2.05, 4.69) is 26.1 Å². The SMILES string of the molecule is CCCNC1C(Oc2cc(F)cc(F)c2)CCCC1(C)C. The van der Waals surface area contributed by atoms with Crippen LogP contribution in [0.5, 0.6) is 5.75 Å². The summed E-state index contributed by atoms with van der Waals surface area (Å²) in [5.74, 6) is -0.922. The minimum absolute atomic E-state index is 0.0542. The highest BCUT2D eigenvalue weighted by atomic mass is 19.1. The van der Waals surface area contributed by atoms with Gasteiger partial charge in [0.25, 0.3) is 0 Å². The summed E-state index contributed by atoms with van der Waals surface area (Å²) in [5.41, 5.74) is 0.115. The number of benzene rings is 1. The van der Waals surface area contributed by atoms with Gasteiger partial charge in [-0.3, -0.25) is 0 Å². The Morgan fingerprint density at radius 1 is 1.24 bits per heavy atom. The first-order chi connectivity index (χ1) is 9.92. The van der Waals surface area contributed by atoms with Gasteiger partial charge in [-0.25, -0.2) is 8.78 Å². The van der Waals surface area contributed by atoms with Crippen LogP contribution in [0.15, 0.2) is 18.2 Å². The van der Waals surface area contributed by atoms with Gasteiger partial charge in [-0.2, -0.15) is 0 Å². The number of hydrogen-bond donors (Lipinski definition) is 1. The summed E-state index contributed by atoms with van der Waals surface area (Å²) >= 11 is 0. The lowest BCUT2D eigenvalue weighted by atomic mass is 9.71. The van der Waals surface area contributed by atoms with Gasteiger partial charge in [0.15, 0.2) is 0 Å². The fourth-order valence-corrected chi connectivity index (χ4v) is 3.19. The molecule has 0 radical (unpaired) electrons. The highest BCUT2D eigenvalue weighted by Gasteiger charge is 2.39. The Balaban J connectivity index is 2.14. The number of rotatable bonds is 5. The maximum atomic E-state index is 13.3. The van der Waals surface area contributed by atoms with E-state index in [-0.39, 0.29) is 23.3 Å². The van der Waals surface area contributed by atoms with E-state index in [0.29, 0.717) is 0 Å². The van der Waals surface area contributed by atoms with Crippen LogP contribution in [0.3, 0.4) is 0 Å². The second kappa shape index (κ2) is 6.73. The molecule has 2 atom stereocenters. The van der Waals surface area contributed by atoms with E-state index < -0.39 is 11.6 Å². The zero-order valence-electron chi connectivity index (χ0n) is 13.1. The molecule has 1 fully saturated rings. The average molecular weight is 297 g/mol. The molecule has 1 aromatic carbocycles. The van der Waals surface area contributed by atoms with E-state index in [0.717, 1.165) is 38.3 Å². The van der Waals surface area contributed by atoms with Gasteiger partial charge in [0, 0.05) is 24.2 Å². The number of nitrogens with one attached hydrogen (secondary N) is 1. The molecule has 2 rings (SSSR count). The third-order valence-electron chi connectivity index (χ3n) is 4.26. The van der Waals surface area contributed by atoms with E-state index in [4.69, 9.17) is 4.74 Å². The third-order valence-corrected chi connectivity index (χ3v) is 4.26. The lowest BCUT2D eigenvalue weighted by Gasteiger charge is -2.44. The van der Waals surface area contributed by atoms with E-state index >= 15 is 0 Å². The molecule has 1 saturated carbocycles. The highest BCUT2D eigenvalue weighted by Crippen LogP contribution is 2.37. The van der Waals surface area contributed by atoms with Gasteiger partial charge in [0.2, 0.25) is 0 Å². The van der Waals surface area contributed by atoms with Crippen LogP contribution in [0, 0.1) is 17.0 Å². The molecule has 0 saturated heterocycles. The molecule has 118 valence electrons. The van der Waals surface area contributed by atoms with Crippen molar-refractivity contribution in [1.29, 1.82) is 0 Å². The van der Waals surface area contributed by atoms with Crippen molar-refractivity contribution in [1.82, 2.24) is 5.32 Å². The lowest BCUT2D eigenvalue weighted by molar-refractivity contribution is 0.0361. The Labute approximate surface area is 125 Å². The van der Waals surface area contributed by atoms with Crippen molar-refractivity contribution in [3.8, 4) is 5.75 Å². The fourth-order valence-electron chi connectivity index (χ4n) is 3.19. The van der Waals surface area contributed by atoms with Crippen molar-refractivity contribution in [2.45, 2.75) is 58.6 Å². The number of ether oxygens (including phenoxy) is 1. The highest BCUT2D eigenvalue weighted by molar-refractivity contribution is 5.24. The lowest BCUT2D eigenvalue weighted by Crippen LogP contribution is -2.54. The van der Waals surface area contributed by atoms with Crippen LogP contribution in [0.4, 0.5) is 8.78 Å². The molecule has 0 aromatic heterocycles. The van der Waals surface area contributed by atoms with Crippen molar-refractivity contribution in [3.05, 3.63) is 29.8 Å². The molecule has 1 aromatic rings. The summed E-state index contributed by atoms with van der Waals surface area (Å²) < 4.78 is 32.5. The zero-order valence-corrected chi connectivity index (χ0v) is 13.1. The van der Waals surface area contributed by atoms with Crippen LogP contribution in [-0.4, -0.2) is 18.7 Å². The molecule has 2 unspecified atom stereocenters. The van der Waals surface area contributed by atoms with Crippen molar-refractivity contribution in [2.75, 3.05) is 6.54 Å². The van der Waals surface area contributed by atoms with Crippen molar-refractivity contribution in [2.24, 2.45) is 5.41 Å². The molecule has 0 heterocycles. The molecule has 0 bridgehead atoms. The van der Waals surface area contributed by atoms with Crippen LogP contribution >= 0.6 is 0 Å². The predicted octanol–water partition coefficient (Wildman–Crippen LogP) is 4.29. The monoisotopic (exact) mass is 297 g/mol. The molecule has 1 N–H and O–H groups in total. The fraction of sp³-hybridized carbons (Fsp3) is 0.647. The Bertz CT molecular complexity index is 456. The molecule has 21 heavy (non-hydrogen) atoms. The first-order valence-corrected chi connectivity index (χ1v) is 7.78. The van der Waals surface area contributed by atoms with Crippen molar-refractivity contribution < 1.29 is 13.5 Å². The molecular weight excluding hydrogens is 272 g/mol. The summed E-state index contributed by atoms with van der Waals surface area (Å²) in [5, 5.41) is 3.55. The molecule has 0 aliphatic heterocycles. The van der Waals surface area contributed by atoms with Gasteiger partial charge in [-0.05, 0) is 37.6 Å². The molecule has 2 nitrogen and oxygen atoms in total. The maximum Gasteiger partial charge on any atom is 0.129 e. The largest absolute Gasteiger partial charge is 0.489 e. The number of halogens is 2. The van der Waals surface area contributed by atoms with Gasteiger partial charge in [0.05, 0.1) is 0 Å². The van der Waals surface area contributed by atoms with E-state index in [9.17, 15) is 8.78 Å². The van der Waals surface area contributed by atoms with Gasteiger partial charge in [0.1, 0.15) is 23.5 Å². The average Bonchev–Trinajstić information content (AvgIpc) is 2.36. The van der Waals surface area contributed by atoms with Crippen molar-refractivity contribution >= 4 is 0 Å². The van der Waals surface area contributed by atoms with Crippen molar-refractivity contribution in [3.63, 3.8) is 0 Å². The summed E-state index contributed by atoms with van der Waals surface area (Å²) in [6.45, 7) is 7.50. The topological polar surface area (TPSA) is 21.3 Å². The van der Waals surface area contributed by atoms with Gasteiger partial charge >= 0.3 is 0 Å².